The van der Waals surface area contributed by atoms with E-state index in [4.69, 9.17) is 4.74 Å². The lowest BCUT2D eigenvalue weighted by Gasteiger charge is -2.25. The van der Waals surface area contributed by atoms with Gasteiger partial charge in [-0.1, -0.05) is 0 Å². The smallest absolute Gasteiger partial charge is 0.317 e. The Bertz CT molecular complexity index is 469. The first-order valence-electron chi connectivity index (χ1n) is 7.05. The number of hydrogen-bond donors (Lipinski definition) is 1. The Labute approximate surface area is 124 Å². The van der Waals surface area contributed by atoms with Gasteiger partial charge >= 0.3 is 6.03 Å². The minimum Gasteiger partial charge on any atom is -0.376 e. The van der Waals surface area contributed by atoms with Crippen molar-refractivity contribution in [2.24, 2.45) is 0 Å². The summed E-state index contributed by atoms with van der Waals surface area (Å²) >= 11 is 1.65. The van der Waals surface area contributed by atoms with Crippen LogP contribution in [0.15, 0.2) is 0 Å². The molecule has 0 saturated carbocycles. The number of urea groups is 1. The summed E-state index contributed by atoms with van der Waals surface area (Å²) in [5, 5.41) is 3.99. The highest BCUT2D eigenvalue weighted by Crippen LogP contribution is 2.28. The van der Waals surface area contributed by atoms with Crippen molar-refractivity contribution in [1.82, 2.24) is 15.2 Å². The molecule has 0 radical (unpaired) electrons. The van der Waals surface area contributed by atoms with Gasteiger partial charge in [-0.2, -0.15) is 0 Å². The van der Waals surface area contributed by atoms with Crippen LogP contribution in [0.2, 0.25) is 0 Å². The van der Waals surface area contributed by atoms with Gasteiger partial charge in [-0.3, -0.25) is 0 Å². The fourth-order valence-electron chi connectivity index (χ4n) is 2.42. The van der Waals surface area contributed by atoms with Gasteiger partial charge in [-0.25, -0.2) is 9.78 Å². The van der Waals surface area contributed by atoms with Crippen molar-refractivity contribution in [2.75, 3.05) is 20.2 Å². The van der Waals surface area contributed by atoms with Crippen LogP contribution in [0.3, 0.4) is 0 Å². The van der Waals surface area contributed by atoms with E-state index in [-0.39, 0.29) is 18.2 Å². The van der Waals surface area contributed by atoms with E-state index in [2.05, 4.69) is 10.3 Å². The fourth-order valence-corrected chi connectivity index (χ4v) is 3.44. The predicted octanol–water partition coefficient (Wildman–Crippen LogP) is 2.64. The number of nitrogens with one attached hydrogen (secondary N) is 1. The summed E-state index contributed by atoms with van der Waals surface area (Å²) in [4.78, 5) is 19.5. The van der Waals surface area contributed by atoms with Crippen LogP contribution in [-0.2, 0) is 4.74 Å². The van der Waals surface area contributed by atoms with Gasteiger partial charge in [0.25, 0.3) is 0 Å². The van der Waals surface area contributed by atoms with Gasteiger partial charge in [-0.15, -0.1) is 11.3 Å². The molecule has 2 rings (SSSR count). The van der Waals surface area contributed by atoms with E-state index in [0.29, 0.717) is 6.54 Å². The van der Waals surface area contributed by atoms with Crippen LogP contribution in [0, 0.1) is 13.8 Å². The number of aryl methyl sites for hydroxylation is 2. The molecule has 1 fully saturated rings. The van der Waals surface area contributed by atoms with Gasteiger partial charge in [0, 0.05) is 25.1 Å². The third-order valence-corrected chi connectivity index (χ3v) is 4.97. The van der Waals surface area contributed by atoms with Crippen LogP contribution in [0.5, 0.6) is 0 Å². The molecule has 1 aromatic heterocycles. The monoisotopic (exact) mass is 297 g/mol. The Kier molecular flexibility index (Phi) is 4.99. The highest BCUT2D eigenvalue weighted by atomic mass is 32.1. The largest absolute Gasteiger partial charge is 0.376 e. The van der Waals surface area contributed by atoms with E-state index < -0.39 is 0 Å². The topological polar surface area (TPSA) is 54.5 Å². The molecule has 20 heavy (non-hydrogen) atoms. The summed E-state index contributed by atoms with van der Waals surface area (Å²) in [6, 6.07) is -0.0239. The predicted molar refractivity (Wildman–Crippen MR) is 80.1 cm³/mol. The zero-order valence-electron chi connectivity index (χ0n) is 12.6. The molecular formula is C14H23N3O2S. The zero-order valence-corrected chi connectivity index (χ0v) is 13.4. The molecule has 1 N–H and O–H groups in total. The second-order valence-electron chi connectivity index (χ2n) is 5.29. The number of thiazole rings is 1. The summed E-state index contributed by atoms with van der Waals surface area (Å²) < 4.78 is 5.51. The fraction of sp³-hybridized carbons (Fsp3) is 0.714. The number of hydrogen-bond acceptors (Lipinski definition) is 4. The van der Waals surface area contributed by atoms with Crippen molar-refractivity contribution in [3.8, 4) is 0 Å². The van der Waals surface area contributed by atoms with Gasteiger partial charge in [0.2, 0.25) is 0 Å². The van der Waals surface area contributed by atoms with E-state index in [1.807, 2.05) is 27.8 Å². The number of nitrogens with zero attached hydrogens (tertiary/aromatic N) is 2. The van der Waals surface area contributed by atoms with E-state index in [1.54, 1.807) is 16.2 Å². The lowest BCUT2D eigenvalue weighted by Crippen LogP contribution is -2.41. The van der Waals surface area contributed by atoms with Crippen molar-refractivity contribution in [3.05, 3.63) is 15.6 Å². The summed E-state index contributed by atoms with van der Waals surface area (Å²) in [6.45, 7) is 7.42. The third kappa shape index (κ3) is 3.49. The molecule has 6 heteroatoms. The van der Waals surface area contributed by atoms with Crippen molar-refractivity contribution in [1.29, 1.82) is 0 Å². The summed E-state index contributed by atoms with van der Waals surface area (Å²) in [7, 11) is 1.82. The molecule has 2 amide bonds. The molecule has 0 spiro atoms. The van der Waals surface area contributed by atoms with Crippen LogP contribution >= 0.6 is 11.3 Å². The molecule has 0 unspecified atom stereocenters. The standard InChI is InChI=1S/C14H23N3O2S/c1-9-13(20-11(3)16-9)10(2)17(4)14(18)15-8-12-6-5-7-19-12/h10,12H,5-8H2,1-4H3,(H,15,18)/t10-,12+/m0/s1. The molecule has 1 saturated heterocycles. The second kappa shape index (κ2) is 6.54. The molecule has 112 valence electrons. The van der Waals surface area contributed by atoms with E-state index in [0.717, 1.165) is 35.0 Å². The van der Waals surface area contributed by atoms with Crippen molar-refractivity contribution in [3.63, 3.8) is 0 Å². The Morgan fingerprint density at radius 3 is 2.90 bits per heavy atom. The lowest BCUT2D eigenvalue weighted by molar-refractivity contribution is 0.108. The zero-order chi connectivity index (χ0) is 14.7. The molecule has 0 aromatic carbocycles. The number of rotatable bonds is 4. The maximum Gasteiger partial charge on any atom is 0.317 e. The molecule has 2 atom stereocenters. The SMILES string of the molecule is Cc1nc(C)c([C@H](C)N(C)C(=O)NC[C@H]2CCCO2)s1. The first-order chi connectivity index (χ1) is 9.49. The van der Waals surface area contributed by atoms with E-state index >= 15 is 0 Å². The van der Waals surface area contributed by atoms with Crippen LogP contribution in [0.4, 0.5) is 4.79 Å². The lowest BCUT2D eigenvalue weighted by atomic mass is 10.2. The first kappa shape index (κ1) is 15.3. The Morgan fingerprint density at radius 1 is 1.60 bits per heavy atom. The number of amides is 2. The minimum atomic E-state index is -0.0570. The molecule has 1 aromatic rings. The molecule has 1 aliphatic heterocycles. The van der Waals surface area contributed by atoms with Gasteiger partial charge in [0.15, 0.2) is 0 Å². The van der Waals surface area contributed by atoms with Crippen LogP contribution in [-0.4, -0.2) is 42.2 Å². The first-order valence-corrected chi connectivity index (χ1v) is 7.87. The highest BCUT2D eigenvalue weighted by molar-refractivity contribution is 7.11. The average molecular weight is 297 g/mol. The van der Waals surface area contributed by atoms with Gasteiger partial charge < -0.3 is 15.0 Å². The maximum atomic E-state index is 12.2. The van der Waals surface area contributed by atoms with Crippen LogP contribution in [0.25, 0.3) is 0 Å². The summed E-state index contributed by atoms with van der Waals surface area (Å²) in [6.07, 6.45) is 2.30. The summed E-state index contributed by atoms with van der Waals surface area (Å²) in [5.41, 5.74) is 1.01. The molecule has 0 aliphatic carbocycles. The normalized spacial score (nSPS) is 19.9. The number of aromatic nitrogens is 1. The number of carbonyl (C=O) groups is 1. The minimum absolute atomic E-state index is 0.0331. The van der Waals surface area contributed by atoms with Crippen molar-refractivity contribution < 1.29 is 9.53 Å². The van der Waals surface area contributed by atoms with E-state index in [9.17, 15) is 4.79 Å². The molecule has 5 nitrogen and oxygen atoms in total. The quantitative estimate of drug-likeness (QED) is 0.929. The van der Waals surface area contributed by atoms with Gasteiger partial charge in [-0.05, 0) is 33.6 Å². The Hall–Kier alpha value is -1.14. The highest BCUT2D eigenvalue weighted by Gasteiger charge is 2.23. The Morgan fingerprint density at radius 2 is 2.35 bits per heavy atom. The molecular weight excluding hydrogens is 274 g/mol. The van der Waals surface area contributed by atoms with E-state index in [1.165, 1.54) is 0 Å². The maximum absolute atomic E-state index is 12.2. The van der Waals surface area contributed by atoms with Crippen LogP contribution in [0.1, 0.15) is 41.4 Å². The van der Waals surface area contributed by atoms with Crippen LogP contribution < -0.4 is 5.32 Å². The molecule has 0 bridgehead atoms. The molecule has 1 aliphatic rings. The number of ether oxygens (including phenoxy) is 1. The van der Waals surface area contributed by atoms with Gasteiger partial charge in [0.1, 0.15) is 0 Å². The third-order valence-electron chi connectivity index (χ3n) is 3.73. The summed E-state index contributed by atoms with van der Waals surface area (Å²) in [5.74, 6) is 0. The van der Waals surface area contributed by atoms with Crippen molar-refractivity contribution in [2.45, 2.75) is 45.8 Å². The number of carbonyl (C=O) groups excluding carboxylic acids is 1. The van der Waals surface area contributed by atoms with Gasteiger partial charge in [0.05, 0.1) is 22.8 Å². The average Bonchev–Trinajstić information content (AvgIpc) is 3.03. The second-order valence-corrected chi connectivity index (χ2v) is 6.53. The van der Waals surface area contributed by atoms with Crippen molar-refractivity contribution >= 4 is 17.4 Å². The Balaban J connectivity index is 1.90. The molecule has 2 heterocycles.